The molecule has 3 N–H and O–H groups in total. The molecule has 1 fully saturated rings. The van der Waals surface area contributed by atoms with E-state index < -0.39 is 10.0 Å². The van der Waals surface area contributed by atoms with E-state index in [0.29, 0.717) is 51.1 Å². The fourth-order valence-corrected chi connectivity index (χ4v) is 5.31. The molecule has 0 unspecified atom stereocenters. The van der Waals surface area contributed by atoms with Crippen LogP contribution in [0.4, 0.5) is 5.69 Å². The number of aliphatic imine (C=N–C) groups is 1. The topological polar surface area (TPSA) is 104 Å². The summed E-state index contributed by atoms with van der Waals surface area (Å²) in [6.45, 7) is 0.431. The molecular formula is C26H24ClN3O4S. The summed E-state index contributed by atoms with van der Waals surface area (Å²) in [5, 5.41) is 11.9. The Kier molecular flexibility index (Phi) is 6.27. The van der Waals surface area contributed by atoms with E-state index in [2.05, 4.69) is 9.71 Å². The van der Waals surface area contributed by atoms with E-state index in [-0.39, 0.29) is 10.8 Å². The van der Waals surface area contributed by atoms with Gasteiger partial charge < -0.3 is 14.8 Å². The number of aromatic hydroxyl groups is 1. The lowest BCUT2D eigenvalue weighted by molar-refractivity contribution is 0.415. The van der Waals surface area contributed by atoms with Gasteiger partial charge in [-0.2, -0.15) is 0 Å². The second kappa shape index (κ2) is 9.37. The number of sulfonamides is 1. The van der Waals surface area contributed by atoms with Crippen molar-refractivity contribution in [2.24, 2.45) is 10.9 Å². The van der Waals surface area contributed by atoms with Gasteiger partial charge >= 0.3 is 0 Å². The lowest BCUT2D eigenvalue weighted by Crippen LogP contribution is -2.25. The average molecular weight is 510 g/mol. The summed E-state index contributed by atoms with van der Waals surface area (Å²) < 4.78 is 33.8. The number of rotatable bonds is 8. The van der Waals surface area contributed by atoms with Gasteiger partial charge in [-0.25, -0.2) is 18.1 Å². The standard InChI is InChI=1S/C26H24ClN3O4S/c1-34-23-12-9-18(13-21(23)27)29-25(17-5-3-2-4-6-17)24-20-14-19(10-11-22(20)30-26(24)31)35(32,33)28-15-16-7-8-16/h2-6,9-14,16,28,30-31H,7-8,15H2,1H3. The van der Waals surface area contributed by atoms with Gasteiger partial charge in [-0.15, -0.1) is 0 Å². The van der Waals surface area contributed by atoms with Crippen LogP contribution in [0.15, 0.2) is 76.6 Å². The Morgan fingerprint density at radius 2 is 1.91 bits per heavy atom. The Labute approximate surface area is 208 Å². The zero-order valence-electron chi connectivity index (χ0n) is 19.0. The van der Waals surface area contributed by atoms with E-state index in [9.17, 15) is 13.5 Å². The SMILES string of the molecule is COc1ccc(N=C(c2ccccc2)c2c(O)[nH]c3ccc(S(=O)(=O)NCC4CC4)cc23)cc1Cl. The van der Waals surface area contributed by atoms with Crippen LogP contribution in [0.1, 0.15) is 24.0 Å². The largest absolute Gasteiger partial charge is 0.495 e. The highest BCUT2D eigenvalue weighted by Gasteiger charge is 2.25. The Hall–Kier alpha value is -3.33. The lowest BCUT2D eigenvalue weighted by Gasteiger charge is -2.10. The van der Waals surface area contributed by atoms with E-state index in [1.165, 1.54) is 13.2 Å². The Bertz CT molecular complexity index is 1530. The number of benzene rings is 3. The first-order chi connectivity index (χ1) is 16.9. The van der Waals surface area contributed by atoms with Crippen LogP contribution in [0.5, 0.6) is 11.6 Å². The molecule has 5 rings (SSSR count). The van der Waals surface area contributed by atoms with Crippen molar-refractivity contribution in [2.75, 3.05) is 13.7 Å². The van der Waals surface area contributed by atoms with Crippen LogP contribution in [0.2, 0.25) is 5.02 Å². The molecule has 0 radical (unpaired) electrons. The minimum absolute atomic E-state index is 0.109. The molecule has 35 heavy (non-hydrogen) atoms. The molecule has 9 heteroatoms. The van der Waals surface area contributed by atoms with Crippen molar-refractivity contribution in [2.45, 2.75) is 17.7 Å². The van der Waals surface area contributed by atoms with E-state index >= 15 is 0 Å². The van der Waals surface area contributed by atoms with Gasteiger partial charge in [-0.05, 0) is 55.2 Å². The molecule has 1 heterocycles. The van der Waals surface area contributed by atoms with Crippen molar-refractivity contribution >= 4 is 43.9 Å². The highest BCUT2D eigenvalue weighted by molar-refractivity contribution is 7.89. The molecule has 0 saturated heterocycles. The third-order valence-corrected chi connectivity index (χ3v) is 7.70. The second-order valence-electron chi connectivity index (χ2n) is 8.50. The number of H-pyrrole nitrogens is 1. The summed E-state index contributed by atoms with van der Waals surface area (Å²) in [4.78, 5) is 7.89. The van der Waals surface area contributed by atoms with E-state index in [1.54, 1.807) is 30.3 Å². The van der Waals surface area contributed by atoms with Gasteiger partial charge in [-0.3, -0.25) is 0 Å². The summed E-state index contributed by atoms with van der Waals surface area (Å²) >= 11 is 6.31. The third-order valence-electron chi connectivity index (χ3n) is 5.98. The molecule has 180 valence electrons. The molecule has 0 aliphatic heterocycles. The summed E-state index contributed by atoms with van der Waals surface area (Å²) in [5.41, 5.74) is 2.76. The van der Waals surface area contributed by atoms with E-state index in [0.717, 1.165) is 18.4 Å². The Balaban J connectivity index is 1.66. The number of hydrogen-bond donors (Lipinski definition) is 3. The van der Waals surface area contributed by atoms with Gasteiger partial charge in [0, 0.05) is 23.0 Å². The summed E-state index contributed by atoms with van der Waals surface area (Å²) in [6.07, 6.45) is 2.09. The predicted molar refractivity (Wildman–Crippen MR) is 138 cm³/mol. The first kappa shape index (κ1) is 23.4. The number of hydrogen-bond acceptors (Lipinski definition) is 5. The van der Waals surface area contributed by atoms with Crippen LogP contribution >= 0.6 is 11.6 Å². The lowest BCUT2D eigenvalue weighted by atomic mass is 10.0. The highest BCUT2D eigenvalue weighted by atomic mass is 35.5. The van der Waals surface area contributed by atoms with Gasteiger partial charge in [0.25, 0.3) is 0 Å². The number of nitrogens with zero attached hydrogens (tertiary/aromatic N) is 1. The van der Waals surface area contributed by atoms with E-state index in [4.69, 9.17) is 21.3 Å². The van der Waals surface area contributed by atoms with Crippen LogP contribution in [-0.2, 0) is 10.0 Å². The molecule has 0 bridgehead atoms. The van der Waals surface area contributed by atoms with Gasteiger partial charge in [0.05, 0.1) is 34.0 Å². The average Bonchev–Trinajstić information content (AvgIpc) is 3.63. The molecule has 0 amide bonds. The van der Waals surface area contributed by atoms with Crippen molar-refractivity contribution < 1.29 is 18.3 Å². The monoisotopic (exact) mass is 509 g/mol. The van der Waals surface area contributed by atoms with Crippen molar-refractivity contribution in [3.05, 3.63) is 82.9 Å². The molecule has 0 spiro atoms. The number of aromatic nitrogens is 1. The normalized spacial score (nSPS) is 14.4. The molecule has 0 atom stereocenters. The summed E-state index contributed by atoms with van der Waals surface area (Å²) in [5.74, 6) is 0.826. The van der Waals surface area contributed by atoms with Gasteiger partial charge in [0.2, 0.25) is 10.0 Å². The van der Waals surface area contributed by atoms with Crippen LogP contribution in [0, 0.1) is 5.92 Å². The first-order valence-electron chi connectivity index (χ1n) is 11.2. The fraction of sp³-hybridized carbons (Fsp3) is 0.192. The number of fused-ring (bicyclic) bond motifs is 1. The number of methoxy groups -OCH3 is 1. The van der Waals surface area contributed by atoms with Crippen LogP contribution in [-0.4, -0.2) is 37.9 Å². The third kappa shape index (κ3) is 4.91. The van der Waals surface area contributed by atoms with E-state index in [1.807, 2.05) is 30.3 Å². The smallest absolute Gasteiger partial charge is 0.240 e. The summed E-state index contributed by atoms with van der Waals surface area (Å²) in [7, 11) is -2.16. The number of nitrogens with one attached hydrogen (secondary N) is 2. The Morgan fingerprint density at radius 1 is 1.14 bits per heavy atom. The fourth-order valence-electron chi connectivity index (χ4n) is 3.91. The highest BCUT2D eigenvalue weighted by Crippen LogP contribution is 2.35. The van der Waals surface area contributed by atoms with Gasteiger partial charge in [0.15, 0.2) is 5.88 Å². The van der Waals surface area contributed by atoms with Gasteiger partial charge in [-0.1, -0.05) is 41.9 Å². The van der Waals surface area contributed by atoms with Crippen molar-refractivity contribution in [3.8, 4) is 11.6 Å². The van der Waals surface area contributed by atoms with Crippen molar-refractivity contribution in [1.29, 1.82) is 0 Å². The molecule has 1 aliphatic carbocycles. The molecular weight excluding hydrogens is 486 g/mol. The van der Waals surface area contributed by atoms with Crippen molar-refractivity contribution in [1.82, 2.24) is 9.71 Å². The molecule has 3 aromatic carbocycles. The molecule has 7 nitrogen and oxygen atoms in total. The quantitative estimate of drug-likeness (QED) is 0.277. The van der Waals surface area contributed by atoms with Gasteiger partial charge in [0.1, 0.15) is 5.75 Å². The van der Waals surface area contributed by atoms with Crippen LogP contribution in [0.3, 0.4) is 0 Å². The maximum Gasteiger partial charge on any atom is 0.240 e. The first-order valence-corrected chi connectivity index (χ1v) is 13.0. The predicted octanol–water partition coefficient (Wildman–Crippen LogP) is 5.39. The van der Waals surface area contributed by atoms with Crippen LogP contribution in [0.25, 0.3) is 10.9 Å². The number of ether oxygens (including phenoxy) is 1. The maximum atomic E-state index is 12.9. The minimum Gasteiger partial charge on any atom is -0.495 e. The van der Waals surface area contributed by atoms with Crippen molar-refractivity contribution in [3.63, 3.8) is 0 Å². The molecule has 1 saturated carbocycles. The second-order valence-corrected chi connectivity index (χ2v) is 10.7. The maximum absolute atomic E-state index is 12.9. The Morgan fingerprint density at radius 3 is 2.60 bits per heavy atom. The molecule has 4 aromatic rings. The zero-order chi connectivity index (χ0) is 24.6. The number of aromatic amines is 1. The zero-order valence-corrected chi connectivity index (χ0v) is 20.5. The molecule has 1 aliphatic rings. The minimum atomic E-state index is -3.69. The molecule has 1 aromatic heterocycles. The number of halogens is 1. The summed E-state index contributed by atoms with van der Waals surface area (Å²) in [6, 6.07) is 19.3. The van der Waals surface area contributed by atoms with Crippen LogP contribution < -0.4 is 9.46 Å².